The summed E-state index contributed by atoms with van der Waals surface area (Å²) in [6.07, 6.45) is 2.96. The van der Waals surface area contributed by atoms with E-state index in [0.29, 0.717) is 24.3 Å². The molecule has 3 aliphatic rings. The van der Waals surface area contributed by atoms with Gasteiger partial charge in [0.15, 0.2) is 18.1 Å². The van der Waals surface area contributed by atoms with Crippen LogP contribution in [0.25, 0.3) is 0 Å². The van der Waals surface area contributed by atoms with Crippen LogP contribution >= 0.6 is 23.5 Å². The van der Waals surface area contributed by atoms with E-state index in [1.807, 2.05) is 47.8 Å². The summed E-state index contributed by atoms with van der Waals surface area (Å²) < 4.78 is 22.9. The van der Waals surface area contributed by atoms with Gasteiger partial charge < -0.3 is 24.3 Å². The third kappa shape index (κ3) is 5.39. The lowest BCUT2D eigenvalue weighted by Gasteiger charge is -2.38. The van der Waals surface area contributed by atoms with Crippen molar-refractivity contribution in [1.82, 2.24) is 5.32 Å². The fourth-order valence-corrected chi connectivity index (χ4v) is 7.32. The van der Waals surface area contributed by atoms with Gasteiger partial charge in [-0.05, 0) is 66.2 Å². The van der Waals surface area contributed by atoms with Gasteiger partial charge in [-0.2, -0.15) is 0 Å². The van der Waals surface area contributed by atoms with Gasteiger partial charge in [0.25, 0.3) is 5.91 Å². The number of nitrogens with one attached hydrogen (secondary N) is 1. The molecule has 0 bridgehead atoms. The number of benzene rings is 2. The second-order valence-corrected chi connectivity index (χ2v) is 11.2. The number of carbonyl (C=O) groups is 1. The molecule has 0 unspecified atom stereocenters. The van der Waals surface area contributed by atoms with Crippen molar-refractivity contribution in [2.75, 3.05) is 44.7 Å². The highest BCUT2D eigenvalue weighted by Gasteiger charge is 2.36. The number of hydrogen-bond donors (Lipinski definition) is 1. The van der Waals surface area contributed by atoms with Crippen molar-refractivity contribution in [3.63, 3.8) is 0 Å². The molecule has 0 aromatic heterocycles. The Morgan fingerprint density at radius 1 is 1.03 bits per heavy atom. The normalized spacial score (nSPS) is 19.8. The molecule has 0 atom stereocenters. The van der Waals surface area contributed by atoms with E-state index in [4.69, 9.17) is 18.9 Å². The Balaban J connectivity index is 1.17. The van der Waals surface area contributed by atoms with E-state index in [9.17, 15) is 4.79 Å². The zero-order chi connectivity index (χ0) is 22.5. The standard InChI is InChI=1S/C25H29NO5S2/c27-23(15-29-20-5-2-18(3-6-20)24-32-12-1-13-33-24)26-16-25(8-10-28-11-9-25)19-4-7-21-22(14-19)31-17-30-21/h2-7,14,24H,1,8-13,15-17H2,(H,26,27). The van der Waals surface area contributed by atoms with E-state index in [0.717, 1.165) is 35.7 Å². The summed E-state index contributed by atoms with van der Waals surface area (Å²) in [5.74, 6) is 4.57. The Labute approximate surface area is 203 Å². The number of thioether (sulfide) groups is 2. The number of rotatable bonds is 7. The van der Waals surface area contributed by atoms with Crippen LogP contribution in [0.1, 0.15) is 35.0 Å². The van der Waals surface area contributed by atoms with Crippen molar-refractivity contribution in [2.45, 2.75) is 29.3 Å². The van der Waals surface area contributed by atoms with E-state index in [-0.39, 0.29) is 24.7 Å². The summed E-state index contributed by atoms with van der Waals surface area (Å²) in [4.78, 5) is 12.6. The quantitative estimate of drug-likeness (QED) is 0.616. The number of carbonyl (C=O) groups excluding carboxylic acids is 1. The molecular formula is C25H29NO5S2. The first-order valence-corrected chi connectivity index (χ1v) is 13.5. The van der Waals surface area contributed by atoms with Crippen LogP contribution in [0.15, 0.2) is 42.5 Å². The second-order valence-electron chi connectivity index (χ2n) is 8.52. The minimum Gasteiger partial charge on any atom is -0.484 e. The molecule has 0 radical (unpaired) electrons. The molecule has 1 N–H and O–H groups in total. The van der Waals surface area contributed by atoms with Gasteiger partial charge in [-0.25, -0.2) is 0 Å². The smallest absolute Gasteiger partial charge is 0.257 e. The Morgan fingerprint density at radius 2 is 1.79 bits per heavy atom. The van der Waals surface area contributed by atoms with Crippen molar-refractivity contribution >= 4 is 29.4 Å². The highest BCUT2D eigenvalue weighted by molar-refractivity contribution is 8.16. The largest absolute Gasteiger partial charge is 0.484 e. The maximum absolute atomic E-state index is 12.6. The summed E-state index contributed by atoms with van der Waals surface area (Å²) in [6, 6.07) is 14.2. The highest BCUT2D eigenvalue weighted by Crippen LogP contribution is 2.44. The maximum atomic E-state index is 12.6. The van der Waals surface area contributed by atoms with E-state index in [2.05, 4.69) is 23.5 Å². The molecule has 8 heteroatoms. The van der Waals surface area contributed by atoms with Crippen LogP contribution in [0.5, 0.6) is 17.2 Å². The van der Waals surface area contributed by atoms with Crippen molar-refractivity contribution in [3.8, 4) is 17.2 Å². The molecule has 2 saturated heterocycles. The maximum Gasteiger partial charge on any atom is 0.257 e. The van der Waals surface area contributed by atoms with E-state index in [1.54, 1.807) is 0 Å². The molecule has 1 amide bonds. The molecule has 0 aliphatic carbocycles. The van der Waals surface area contributed by atoms with Gasteiger partial charge >= 0.3 is 0 Å². The Kier molecular flexibility index (Phi) is 7.23. The average molecular weight is 488 g/mol. The van der Waals surface area contributed by atoms with Gasteiger partial charge in [-0.1, -0.05) is 18.2 Å². The monoisotopic (exact) mass is 487 g/mol. The topological polar surface area (TPSA) is 66.0 Å². The Bertz CT molecular complexity index is 956. The average Bonchev–Trinajstić information content (AvgIpc) is 3.36. The number of hydrogen-bond acceptors (Lipinski definition) is 7. The number of amides is 1. The molecule has 2 fully saturated rings. The number of ether oxygens (including phenoxy) is 4. The van der Waals surface area contributed by atoms with Gasteiger partial charge in [0.2, 0.25) is 6.79 Å². The van der Waals surface area contributed by atoms with Crippen LogP contribution in [0.3, 0.4) is 0 Å². The van der Waals surface area contributed by atoms with Gasteiger partial charge in [-0.3, -0.25) is 4.79 Å². The van der Waals surface area contributed by atoms with Gasteiger partial charge in [0.1, 0.15) is 5.75 Å². The fourth-order valence-electron chi connectivity index (χ4n) is 4.43. The van der Waals surface area contributed by atoms with E-state index >= 15 is 0 Å². The second kappa shape index (κ2) is 10.5. The number of fused-ring (bicyclic) bond motifs is 1. The van der Waals surface area contributed by atoms with Gasteiger partial charge in [0.05, 0.1) is 4.58 Å². The third-order valence-corrected chi connectivity index (χ3v) is 9.42. The summed E-state index contributed by atoms with van der Waals surface area (Å²) >= 11 is 4.00. The van der Waals surface area contributed by atoms with Crippen LogP contribution in [-0.4, -0.2) is 50.6 Å². The molecule has 33 heavy (non-hydrogen) atoms. The zero-order valence-corrected chi connectivity index (χ0v) is 20.2. The van der Waals surface area contributed by atoms with Gasteiger partial charge in [-0.15, -0.1) is 23.5 Å². The molecule has 3 heterocycles. The van der Waals surface area contributed by atoms with E-state index in [1.165, 1.54) is 23.5 Å². The van der Waals surface area contributed by atoms with Crippen LogP contribution in [0, 0.1) is 0 Å². The first kappa shape index (κ1) is 22.7. The summed E-state index contributed by atoms with van der Waals surface area (Å²) in [6.45, 7) is 2.13. The van der Waals surface area contributed by atoms with E-state index < -0.39 is 0 Å². The Hall–Kier alpha value is -2.03. The molecule has 0 spiro atoms. The molecule has 2 aromatic carbocycles. The third-order valence-electron chi connectivity index (χ3n) is 6.41. The van der Waals surface area contributed by atoms with Crippen LogP contribution < -0.4 is 19.5 Å². The highest BCUT2D eigenvalue weighted by atomic mass is 32.2. The molecule has 3 aliphatic heterocycles. The predicted molar refractivity (Wildman–Crippen MR) is 132 cm³/mol. The Morgan fingerprint density at radius 3 is 2.58 bits per heavy atom. The van der Waals surface area contributed by atoms with Crippen LogP contribution in [0.2, 0.25) is 0 Å². The minimum absolute atomic E-state index is 0.00000577. The van der Waals surface area contributed by atoms with Crippen LogP contribution in [-0.2, 0) is 14.9 Å². The lowest BCUT2D eigenvalue weighted by Crippen LogP contribution is -2.45. The zero-order valence-electron chi connectivity index (χ0n) is 18.5. The molecule has 0 saturated carbocycles. The first-order valence-electron chi connectivity index (χ1n) is 11.4. The van der Waals surface area contributed by atoms with Crippen molar-refractivity contribution in [1.29, 1.82) is 0 Å². The van der Waals surface area contributed by atoms with Crippen molar-refractivity contribution in [2.24, 2.45) is 0 Å². The van der Waals surface area contributed by atoms with Crippen LogP contribution in [0.4, 0.5) is 0 Å². The molecular weight excluding hydrogens is 458 g/mol. The van der Waals surface area contributed by atoms with Gasteiger partial charge in [0, 0.05) is 25.2 Å². The lowest BCUT2D eigenvalue weighted by molar-refractivity contribution is -0.123. The van der Waals surface area contributed by atoms with Crippen molar-refractivity contribution < 1.29 is 23.7 Å². The first-order chi connectivity index (χ1) is 16.2. The molecule has 6 nitrogen and oxygen atoms in total. The fraction of sp³-hybridized carbons (Fsp3) is 0.480. The van der Waals surface area contributed by atoms with Crippen molar-refractivity contribution in [3.05, 3.63) is 53.6 Å². The lowest BCUT2D eigenvalue weighted by atomic mass is 9.74. The molecule has 2 aromatic rings. The molecule has 5 rings (SSSR count). The summed E-state index contributed by atoms with van der Waals surface area (Å²) in [5.41, 5.74) is 2.27. The predicted octanol–water partition coefficient (Wildman–Crippen LogP) is 4.53. The SMILES string of the molecule is O=C(COc1ccc(C2SCCCS2)cc1)NCC1(c2ccc3c(c2)OCO3)CCOCC1. The summed E-state index contributed by atoms with van der Waals surface area (Å²) in [7, 11) is 0. The summed E-state index contributed by atoms with van der Waals surface area (Å²) in [5, 5.41) is 3.09. The molecule has 176 valence electrons. The minimum atomic E-state index is -0.189.